The summed E-state index contributed by atoms with van der Waals surface area (Å²) in [6.07, 6.45) is 5.46. The molecule has 0 unspecified atom stereocenters. The van der Waals surface area contributed by atoms with Gasteiger partial charge in [-0.25, -0.2) is 0 Å². The summed E-state index contributed by atoms with van der Waals surface area (Å²) in [5.41, 5.74) is 6.37. The van der Waals surface area contributed by atoms with Gasteiger partial charge in [0.25, 0.3) is 0 Å². The van der Waals surface area contributed by atoms with Gasteiger partial charge < -0.3 is 15.4 Å². The molecule has 0 bridgehead atoms. The molecule has 0 saturated heterocycles. The second kappa shape index (κ2) is 8.92. The van der Waals surface area contributed by atoms with E-state index in [4.69, 9.17) is 22.7 Å². The van der Waals surface area contributed by atoms with Gasteiger partial charge in [0.05, 0.1) is 12.1 Å². The third-order valence-corrected chi connectivity index (χ3v) is 3.01. The minimum Gasteiger partial charge on any atom is -0.497 e. The first-order valence-electron chi connectivity index (χ1n) is 6.57. The Kier molecular flexibility index (Phi) is 7.18. The summed E-state index contributed by atoms with van der Waals surface area (Å²) in [6, 6.07) is 7.48. The quantitative estimate of drug-likeness (QED) is 0.455. The molecule has 0 radical (unpaired) electrons. The van der Waals surface area contributed by atoms with E-state index in [-0.39, 0.29) is 5.91 Å². The fourth-order valence-electron chi connectivity index (χ4n) is 1.71. The molecule has 0 aliphatic heterocycles. The third kappa shape index (κ3) is 6.23. The molecule has 0 spiro atoms. The number of carbonyl (C=O) groups excluding carboxylic acids is 1. The number of amides is 1. The van der Waals surface area contributed by atoms with Crippen LogP contribution in [-0.4, -0.2) is 36.0 Å². The Labute approximate surface area is 130 Å². The van der Waals surface area contributed by atoms with E-state index in [1.54, 1.807) is 24.2 Å². The van der Waals surface area contributed by atoms with E-state index in [0.717, 1.165) is 11.3 Å². The number of ether oxygens (including phenoxy) is 1. The number of nitrogens with two attached hydrogens (primary N) is 1. The van der Waals surface area contributed by atoms with Crippen LogP contribution in [0.5, 0.6) is 5.75 Å². The Bertz CT molecular complexity index is 541. The van der Waals surface area contributed by atoms with E-state index >= 15 is 0 Å². The number of rotatable bonds is 8. The molecule has 2 N–H and O–H groups in total. The highest BCUT2D eigenvalue weighted by Crippen LogP contribution is 2.13. The fourth-order valence-corrected chi connectivity index (χ4v) is 1.80. The van der Waals surface area contributed by atoms with Gasteiger partial charge in [-0.2, -0.15) is 0 Å². The van der Waals surface area contributed by atoms with E-state index in [1.807, 2.05) is 24.3 Å². The molecule has 0 aliphatic rings. The first kappa shape index (κ1) is 16.9. The highest BCUT2D eigenvalue weighted by atomic mass is 32.1. The van der Waals surface area contributed by atoms with Gasteiger partial charge in [0, 0.05) is 25.6 Å². The van der Waals surface area contributed by atoms with Crippen molar-refractivity contribution in [3.05, 3.63) is 48.6 Å². The maximum atomic E-state index is 12.1. The van der Waals surface area contributed by atoms with Crippen molar-refractivity contribution >= 4 is 29.2 Å². The first-order valence-corrected chi connectivity index (χ1v) is 6.98. The summed E-state index contributed by atoms with van der Waals surface area (Å²) in [4.78, 5) is 14.2. The van der Waals surface area contributed by atoms with Crippen LogP contribution in [0.1, 0.15) is 12.0 Å². The van der Waals surface area contributed by atoms with Crippen LogP contribution in [0, 0.1) is 0 Å². The summed E-state index contributed by atoms with van der Waals surface area (Å²) >= 11 is 4.84. The average molecular weight is 304 g/mol. The summed E-state index contributed by atoms with van der Waals surface area (Å²) in [7, 11) is 1.61. The monoisotopic (exact) mass is 304 g/mol. The molecule has 0 fully saturated rings. The van der Waals surface area contributed by atoms with Crippen LogP contribution in [0.2, 0.25) is 0 Å². The number of methoxy groups -OCH3 is 1. The van der Waals surface area contributed by atoms with Crippen molar-refractivity contribution < 1.29 is 9.53 Å². The highest BCUT2D eigenvalue weighted by Gasteiger charge is 2.08. The number of nitrogens with zero attached hydrogens (tertiary/aromatic N) is 1. The minimum absolute atomic E-state index is 0.103. The zero-order chi connectivity index (χ0) is 15.7. The normalized spacial score (nSPS) is 10.3. The molecule has 0 atom stereocenters. The van der Waals surface area contributed by atoms with Crippen LogP contribution >= 0.6 is 12.2 Å². The van der Waals surface area contributed by atoms with Crippen molar-refractivity contribution in [2.45, 2.75) is 6.42 Å². The minimum atomic E-state index is -0.103. The molecule has 1 amide bonds. The molecule has 4 nitrogen and oxygen atoms in total. The Balaban J connectivity index is 2.72. The molecule has 112 valence electrons. The SMILES string of the molecule is C=CCN(CCC(N)=S)C(=O)/C=C/c1cccc(OC)c1. The summed E-state index contributed by atoms with van der Waals surface area (Å²) in [6.45, 7) is 4.60. The van der Waals surface area contributed by atoms with Crippen LogP contribution in [-0.2, 0) is 4.79 Å². The van der Waals surface area contributed by atoms with Crippen LogP contribution in [0.25, 0.3) is 6.08 Å². The van der Waals surface area contributed by atoms with Gasteiger partial charge in [-0.1, -0.05) is 30.4 Å². The van der Waals surface area contributed by atoms with Crippen LogP contribution in [0.3, 0.4) is 0 Å². The van der Waals surface area contributed by atoms with Crippen molar-refractivity contribution in [1.82, 2.24) is 4.90 Å². The zero-order valence-corrected chi connectivity index (χ0v) is 12.9. The van der Waals surface area contributed by atoms with Crippen molar-refractivity contribution in [2.24, 2.45) is 5.73 Å². The van der Waals surface area contributed by atoms with Crippen molar-refractivity contribution in [3.63, 3.8) is 0 Å². The molecular weight excluding hydrogens is 284 g/mol. The Morgan fingerprint density at radius 3 is 2.90 bits per heavy atom. The maximum Gasteiger partial charge on any atom is 0.246 e. The number of benzene rings is 1. The van der Waals surface area contributed by atoms with Gasteiger partial charge in [0.2, 0.25) is 5.91 Å². The van der Waals surface area contributed by atoms with E-state index in [1.165, 1.54) is 6.08 Å². The fraction of sp³-hybridized carbons (Fsp3) is 0.250. The van der Waals surface area contributed by atoms with Crippen molar-refractivity contribution in [3.8, 4) is 5.75 Å². The summed E-state index contributed by atoms with van der Waals surface area (Å²) < 4.78 is 5.14. The van der Waals surface area contributed by atoms with Gasteiger partial charge >= 0.3 is 0 Å². The van der Waals surface area contributed by atoms with Gasteiger partial charge in [-0.15, -0.1) is 6.58 Å². The second-order valence-electron chi connectivity index (χ2n) is 4.40. The molecule has 0 aromatic heterocycles. The van der Waals surface area contributed by atoms with Crippen LogP contribution < -0.4 is 10.5 Å². The van der Waals surface area contributed by atoms with Gasteiger partial charge in [0.15, 0.2) is 0 Å². The van der Waals surface area contributed by atoms with Crippen LogP contribution in [0.4, 0.5) is 0 Å². The van der Waals surface area contributed by atoms with Crippen molar-refractivity contribution in [2.75, 3.05) is 20.2 Å². The average Bonchev–Trinajstić information content (AvgIpc) is 2.49. The standard InChI is InChI=1S/C16H20N2O2S/c1-3-10-18(11-9-15(17)21)16(19)8-7-13-5-4-6-14(12-13)20-2/h3-8,12H,1,9-11H2,2H3,(H2,17,21)/b8-7+. The van der Waals surface area contributed by atoms with Gasteiger partial charge in [-0.05, 0) is 23.8 Å². The molecular formula is C16H20N2O2S. The molecule has 1 rings (SSSR count). The lowest BCUT2D eigenvalue weighted by molar-refractivity contribution is -0.125. The second-order valence-corrected chi connectivity index (χ2v) is 4.92. The number of hydrogen-bond donors (Lipinski definition) is 1. The summed E-state index contributed by atoms with van der Waals surface area (Å²) in [5, 5.41) is 0. The predicted molar refractivity (Wildman–Crippen MR) is 90.2 cm³/mol. The largest absolute Gasteiger partial charge is 0.497 e. The number of thiocarbonyl (C=S) groups is 1. The Morgan fingerprint density at radius 1 is 1.52 bits per heavy atom. The maximum absolute atomic E-state index is 12.1. The smallest absolute Gasteiger partial charge is 0.246 e. The lowest BCUT2D eigenvalue weighted by Crippen LogP contribution is -2.32. The van der Waals surface area contributed by atoms with E-state index in [0.29, 0.717) is 24.5 Å². The van der Waals surface area contributed by atoms with Gasteiger partial charge in [0.1, 0.15) is 5.75 Å². The van der Waals surface area contributed by atoms with E-state index < -0.39 is 0 Å². The Morgan fingerprint density at radius 2 is 2.29 bits per heavy atom. The number of hydrogen-bond acceptors (Lipinski definition) is 3. The lowest BCUT2D eigenvalue weighted by atomic mass is 10.2. The van der Waals surface area contributed by atoms with Crippen molar-refractivity contribution in [1.29, 1.82) is 0 Å². The molecule has 0 saturated carbocycles. The van der Waals surface area contributed by atoms with E-state index in [2.05, 4.69) is 6.58 Å². The Hall–Kier alpha value is -2.14. The number of carbonyl (C=O) groups is 1. The van der Waals surface area contributed by atoms with E-state index in [9.17, 15) is 4.79 Å². The molecule has 0 aliphatic carbocycles. The molecule has 21 heavy (non-hydrogen) atoms. The molecule has 5 heteroatoms. The third-order valence-electron chi connectivity index (χ3n) is 2.80. The lowest BCUT2D eigenvalue weighted by Gasteiger charge is -2.18. The van der Waals surface area contributed by atoms with Crippen LogP contribution in [0.15, 0.2) is 43.0 Å². The molecule has 1 aromatic carbocycles. The topological polar surface area (TPSA) is 55.6 Å². The predicted octanol–water partition coefficient (Wildman–Crippen LogP) is 2.40. The molecule has 0 heterocycles. The summed E-state index contributed by atoms with van der Waals surface area (Å²) in [5.74, 6) is 0.648. The highest BCUT2D eigenvalue weighted by molar-refractivity contribution is 7.80. The molecule has 1 aromatic rings. The zero-order valence-electron chi connectivity index (χ0n) is 12.1. The first-order chi connectivity index (χ1) is 10.1. The van der Waals surface area contributed by atoms with Gasteiger partial charge in [-0.3, -0.25) is 4.79 Å².